The van der Waals surface area contributed by atoms with Crippen molar-refractivity contribution in [3.8, 4) is 0 Å². The number of benzene rings is 1. The van der Waals surface area contributed by atoms with Crippen molar-refractivity contribution in [1.29, 1.82) is 0 Å². The first-order chi connectivity index (χ1) is 6.42. The molecule has 0 spiro atoms. The Morgan fingerprint density at radius 2 is 1.64 bits per heavy atom. The molecule has 1 rings (SSSR count). The highest BCUT2D eigenvalue weighted by Gasteiger charge is 2.47. The molecule has 0 radical (unpaired) electrons. The lowest BCUT2D eigenvalue weighted by Crippen LogP contribution is -2.37. The van der Waals surface area contributed by atoms with Gasteiger partial charge in [0.05, 0.1) is 12.0 Å². The average Bonchev–Trinajstić information content (AvgIpc) is 2.19. The molecule has 0 unspecified atom stereocenters. The molecule has 0 aliphatic heterocycles. The van der Waals surface area contributed by atoms with E-state index >= 15 is 0 Å². The van der Waals surface area contributed by atoms with Crippen molar-refractivity contribution in [1.82, 2.24) is 0 Å². The highest BCUT2D eigenvalue weighted by molar-refractivity contribution is 5.22. The Balaban J connectivity index is 3.08. The monoisotopic (exact) mass is 200 g/mol. The van der Waals surface area contributed by atoms with E-state index in [0.717, 1.165) is 0 Å². The number of rotatable bonds is 3. The molecule has 0 saturated carbocycles. The summed E-state index contributed by atoms with van der Waals surface area (Å²) in [6, 6.07) is 7.56. The quantitative estimate of drug-likeness (QED) is 0.795. The Hall–Kier alpha value is -0.960. The van der Waals surface area contributed by atoms with Crippen LogP contribution in [0.25, 0.3) is 0 Å². The minimum absolute atomic E-state index is 0.0564. The summed E-state index contributed by atoms with van der Waals surface area (Å²) in [5.74, 6) is -3.01. The third-order valence-electron chi connectivity index (χ3n) is 2.38. The first kappa shape index (κ1) is 11.1. The molecule has 3 heteroatoms. The molecule has 0 aliphatic carbocycles. The van der Waals surface area contributed by atoms with Crippen LogP contribution in [-0.2, 0) is 5.92 Å². The van der Waals surface area contributed by atoms with Crippen molar-refractivity contribution in [2.24, 2.45) is 5.41 Å². The molecule has 0 heterocycles. The molecule has 1 aromatic carbocycles. The molecule has 1 nitrogen and oxygen atoms in total. The van der Waals surface area contributed by atoms with Gasteiger partial charge >= 0.3 is 0 Å². The summed E-state index contributed by atoms with van der Waals surface area (Å²) in [4.78, 5) is 0. The van der Waals surface area contributed by atoms with Crippen LogP contribution in [0.1, 0.15) is 19.4 Å². The third-order valence-corrected chi connectivity index (χ3v) is 2.38. The van der Waals surface area contributed by atoms with Crippen molar-refractivity contribution >= 4 is 0 Å². The normalized spacial score (nSPS) is 12.9. The number of hydrogen-bond acceptors (Lipinski definition) is 1. The zero-order valence-corrected chi connectivity index (χ0v) is 8.30. The lowest BCUT2D eigenvalue weighted by Gasteiger charge is -2.32. The van der Waals surface area contributed by atoms with Crippen LogP contribution in [0.4, 0.5) is 8.78 Å². The maximum absolute atomic E-state index is 13.8. The predicted octanol–water partition coefficient (Wildman–Crippen LogP) is 2.80. The molecule has 0 fully saturated rings. The SMILES string of the molecule is CC(C)(CO)C(F)(F)c1ccccc1. The van der Waals surface area contributed by atoms with Gasteiger partial charge in [-0.15, -0.1) is 0 Å². The van der Waals surface area contributed by atoms with Gasteiger partial charge in [-0.25, -0.2) is 8.78 Å². The molecule has 0 aliphatic rings. The van der Waals surface area contributed by atoms with Crippen molar-refractivity contribution in [2.75, 3.05) is 6.61 Å². The summed E-state index contributed by atoms with van der Waals surface area (Å²) < 4.78 is 27.5. The van der Waals surface area contributed by atoms with Gasteiger partial charge < -0.3 is 5.11 Å². The second kappa shape index (κ2) is 3.65. The van der Waals surface area contributed by atoms with Crippen molar-refractivity contribution in [3.63, 3.8) is 0 Å². The lowest BCUT2D eigenvalue weighted by atomic mass is 9.82. The van der Waals surface area contributed by atoms with Gasteiger partial charge in [0.1, 0.15) is 0 Å². The molecular weight excluding hydrogens is 186 g/mol. The van der Waals surface area contributed by atoms with Crippen LogP contribution in [0.2, 0.25) is 0 Å². The summed E-state index contributed by atoms with van der Waals surface area (Å²) in [5.41, 5.74) is -1.49. The van der Waals surface area contributed by atoms with Gasteiger partial charge in [-0.1, -0.05) is 44.2 Å². The molecule has 0 saturated heterocycles. The standard InChI is InChI=1S/C11H14F2O/c1-10(2,8-14)11(12,13)9-6-4-3-5-7-9/h3-7,14H,8H2,1-2H3. The van der Waals surface area contributed by atoms with E-state index in [1.165, 1.54) is 26.0 Å². The van der Waals surface area contributed by atoms with Gasteiger partial charge in [0.2, 0.25) is 0 Å². The van der Waals surface area contributed by atoms with Gasteiger partial charge in [-0.05, 0) is 0 Å². The Bertz CT molecular complexity index is 293. The Morgan fingerprint density at radius 1 is 1.14 bits per heavy atom. The summed E-state index contributed by atoms with van der Waals surface area (Å²) in [7, 11) is 0. The zero-order chi connectivity index (χ0) is 10.8. The third kappa shape index (κ3) is 1.77. The van der Waals surface area contributed by atoms with Crippen molar-refractivity contribution in [3.05, 3.63) is 35.9 Å². The highest BCUT2D eigenvalue weighted by atomic mass is 19.3. The zero-order valence-electron chi connectivity index (χ0n) is 8.30. The minimum atomic E-state index is -3.01. The fraction of sp³-hybridized carbons (Fsp3) is 0.455. The highest BCUT2D eigenvalue weighted by Crippen LogP contribution is 2.44. The van der Waals surface area contributed by atoms with Gasteiger partial charge in [-0.2, -0.15) is 0 Å². The second-order valence-corrected chi connectivity index (χ2v) is 3.98. The van der Waals surface area contributed by atoms with E-state index in [1.807, 2.05) is 0 Å². The molecule has 1 N–H and O–H groups in total. The maximum Gasteiger partial charge on any atom is 0.280 e. The van der Waals surface area contributed by atoms with Crippen LogP contribution in [0.3, 0.4) is 0 Å². The van der Waals surface area contributed by atoms with Crippen LogP contribution < -0.4 is 0 Å². The Labute approximate surface area is 82.4 Å². The van der Waals surface area contributed by atoms with Gasteiger partial charge in [0.15, 0.2) is 0 Å². The molecule has 14 heavy (non-hydrogen) atoms. The van der Waals surface area contributed by atoms with E-state index in [9.17, 15) is 8.78 Å². The van der Waals surface area contributed by atoms with Crippen LogP contribution in [0, 0.1) is 5.41 Å². The van der Waals surface area contributed by atoms with E-state index in [2.05, 4.69) is 0 Å². The van der Waals surface area contributed by atoms with Crippen LogP contribution in [0.15, 0.2) is 30.3 Å². The molecule has 78 valence electrons. The molecule has 0 bridgehead atoms. The smallest absolute Gasteiger partial charge is 0.280 e. The second-order valence-electron chi connectivity index (χ2n) is 3.98. The summed E-state index contributed by atoms with van der Waals surface area (Å²) in [5, 5.41) is 8.91. The summed E-state index contributed by atoms with van der Waals surface area (Å²) >= 11 is 0. The number of halogens is 2. The lowest BCUT2D eigenvalue weighted by molar-refractivity contribution is -0.132. The Morgan fingerprint density at radius 3 is 2.07 bits per heavy atom. The topological polar surface area (TPSA) is 20.2 Å². The number of aliphatic hydroxyl groups excluding tert-OH is 1. The van der Waals surface area contributed by atoms with E-state index in [0.29, 0.717) is 0 Å². The maximum atomic E-state index is 13.8. The average molecular weight is 200 g/mol. The fourth-order valence-electron chi connectivity index (χ4n) is 1.14. The largest absolute Gasteiger partial charge is 0.396 e. The van der Waals surface area contributed by atoms with Gasteiger partial charge in [0, 0.05) is 5.56 Å². The first-order valence-electron chi connectivity index (χ1n) is 4.46. The molecule has 0 atom stereocenters. The molecule has 0 aromatic heterocycles. The number of hydrogen-bond donors (Lipinski definition) is 1. The van der Waals surface area contributed by atoms with Gasteiger partial charge in [-0.3, -0.25) is 0 Å². The van der Waals surface area contributed by atoms with Gasteiger partial charge in [0.25, 0.3) is 5.92 Å². The van der Waals surface area contributed by atoms with Crippen molar-refractivity contribution in [2.45, 2.75) is 19.8 Å². The molecular formula is C11H14F2O. The fourth-order valence-corrected chi connectivity index (χ4v) is 1.14. The van der Waals surface area contributed by atoms with E-state index in [-0.39, 0.29) is 5.56 Å². The molecule has 0 amide bonds. The summed E-state index contributed by atoms with van der Waals surface area (Å²) in [6.45, 7) is 2.15. The Kier molecular flexibility index (Phi) is 2.90. The minimum Gasteiger partial charge on any atom is -0.396 e. The molecule has 1 aromatic rings. The van der Waals surface area contributed by atoms with Crippen molar-refractivity contribution < 1.29 is 13.9 Å². The van der Waals surface area contributed by atoms with E-state index < -0.39 is 17.9 Å². The van der Waals surface area contributed by atoms with Crippen LogP contribution in [-0.4, -0.2) is 11.7 Å². The number of aliphatic hydroxyl groups is 1. The predicted molar refractivity (Wildman–Crippen MR) is 51.2 cm³/mol. The number of alkyl halides is 2. The van der Waals surface area contributed by atoms with Crippen LogP contribution >= 0.6 is 0 Å². The van der Waals surface area contributed by atoms with E-state index in [1.54, 1.807) is 18.2 Å². The first-order valence-corrected chi connectivity index (χ1v) is 4.46. The van der Waals surface area contributed by atoms with Crippen LogP contribution in [0.5, 0.6) is 0 Å². The summed E-state index contributed by atoms with van der Waals surface area (Å²) in [6.07, 6.45) is 0. The van der Waals surface area contributed by atoms with E-state index in [4.69, 9.17) is 5.11 Å².